The third-order valence-corrected chi connectivity index (χ3v) is 2.82. The van der Waals surface area contributed by atoms with Crippen molar-refractivity contribution in [2.24, 2.45) is 22.2 Å². The van der Waals surface area contributed by atoms with E-state index < -0.39 is 16.7 Å². The summed E-state index contributed by atoms with van der Waals surface area (Å²) in [5.41, 5.74) is 21.8. The van der Waals surface area contributed by atoms with Crippen molar-refractivity contribution in [2.45, 2.75) is 18.9 Å². The normalized spacial score (nSPS) is 11.7. The number of rotatable bonds is 7. The van der Waals surface area contributed by atoms with E-state index in [0.717, 1.165) is 6.07 Å². The van der Waals surface area contributed by atoms with Crippen LogP contribution in [0, 0.1) is 10.1 Å². The number of nitrogens with two attached hydrogens (primary N) is 4. The Morgan fingerprint density at radius 1 is 1.38 bits per heavy atom. The maximum absolute atomic E-state index is 12.2. The predicted octanol–water partition coefficient (Wildman–Crippen LogP) is -0.259. The Morgan fingerprint density at radius 3 is 2.62 bits per heavy atom. The molecule has 0 spiro atoms. The van der Waals surface area contributed by atoms with E-state index in [1.807, 2.05) is 0 Å². The zero-order chi connectivity index (χ0) is 16.0. The molecule has 1 atom stereocenters. The molecular formula is C12H18N6O3. The van der Waals surface area contributed by atoms with Gasteiger partial charge in [-0.15, -0.1) is 0 Å². The second-order valence-electron chi connectivity index (χ2n) is 4.45. The number of nitro benzene ring substituents is 1. The van der Waals surface area contributed by atoms with E-state index in [0.29, 0.717) is 19.4 Å². The number of guanidine groups is 1. The van der Waals surface area contributed by atoms with Gasteiger partial charge in [-0.25, -0.2) is 0 Å². The molecule has 0 aliphatic heterocycles. The van der Waals surface area contributed by atoms with Crippen LogP contribution in [-0.2, 0) is 0 Å². The molecule has 1 aromatic carbocycles. The van der Waals surface area contributed by atoms with Gasteiger partial charge >= 0.3 is 0 Å². The average molecular weight is 294 g/mol. The summed E-state index contributed by atoms with van der Waals surface area (Å²) in [6.45, 7) is 0.355. The first kappa shape index (κ1) is 16.4. The molecule has 0 radical (unpaired) electrons. The monoisotopic (exact) mass is 294 g/mol. The molecule has 8 N–H and O–H groups in total. The van der Waals surface area contributed by atoms with Crippen LogP contribution in [0.2, 0.25) is 0 Å². The van der Waals surface area contributed by atoms with E-state index in [2.05, 4.69) is 4.99 Å². The fraction of sp³-hybridized carbons (Fsp3) is 0.333. The highest BCUT2D eigenvalue weighted by Crippen LogP contribution is 2.21. The van der Waals surface area contributed by atoms with Crippen molar-refractivity contribution in [3.8, 4) is 0 Å². The molecule has 0 aliphatic carbocycles. The van der Waals surface area contributed by atoms with Crippen LogP contribution < -0.4 is 22.9 Å². The van der Waals surface area contributed by atoms with Gasteiger partial charge in [0, 0.05) is 29.9 Å². The van der Waals surface area contributed by atoms with E-state index in [-0.39, 0.29) is 22.9 Å². The molecule has 0 aliphatic rings. The second-order valence-corrected chi connectivity index (χ2v) is 4.45. The maximum Gasteiger partial charge on any atom is 0.270 e. The summed E-state index contributed by atoms with van der Waals surface area (Å²) in [4.78, 5) is 26.0. The molecule has 9 heteroatoms. The van der Waals surface area contributed by atoms with Crippen LogP contribution >= 0.6 is 0 Å². The SMILES string of the molecule is NC(N)=NCCCC(N)C(=O)c1cc([N+](=O)[O-])ccc1N. The summed E-state index contributed by atoms with van der Waals surface area (Å²) in [6, 6.07) is 2.87. The Kier molecular flexibility index (Phi) is 5.61. The summed E-state index contributed by atoms with van der Waals surface area (Å²) in [7, 11) is 0. The number of aliphatic imine (C=N–C) groups is 1. The molecule has 114 valence electrons. The number of benzene rings is 1. The number of nitro groups is 1. The van der Waals surface area contributed by atoms with Crippen LogP contribution in [0.3, 0.4) is 0 Å². The Bertz CT molecular complexity index is 568. The fourth-order valence-corrected chi connectivity index (χ4v) is 1.72. The molecule has 21 heavy (non-hydrogen) atoms. The van der Waals surface area contributed by atoms with Crippen LogP contribution in [0.15, 0.2) is 23.2 Å². The minimum atomic E-state index is -0.816. The minimum absolute atomic E-state index is 0.0298. The van der Waals surface area contributed by atoms with Gasteiger partial charge in [-0.3, -0.25) is 19.9 Å². The first-order chi connectivity index (χ1) is 9.82. The first-order valence-electron chi connectivity index (χ1n) is 6.22. The number of Topliss-reactive ketones (excluding diaryl/α,β-unsaturated/α-hetero) is 1. The molecule has 0 saturated carbocycles. The zero-order valence-corrected chi connectivity index (χ0v) is 11.4. The Labute approximate surface area is 121 Å². The number of hydrogen-bond acceptors (Lipinski definition) is 6. The highest BCUT2D eigenvalue weighted by molar-refractivity contribution is 6.04. The van der Waals surface area contributed by atoms with Crippen LogP contribution in [0.5, 0.6) is 0 Å². The van der Waals surface area contributed by atoms with Gasteiger partial charge in [0.25, 0.3) is 5.69 Å². The number of carbonyl (C=O) groups excluding carboxylic acids is 1. The highest BCUT2D eigenvalue weighted by Gasteiger charge is 2.20. The summed E-state index contributed by atoms with van der Waals surface area (Å²) in [5, 5.41) is 10.7. The Hall–Kier alpha value is -2.68. The summed E-state index contributed by atoms with van der Waals surface area (Å²) in [5.74, 6) is -0.473. The van der Waals surface area contributed by atoms with E-state index in [1.54, 1.807) is 0 Å². The standard InChI is InChI=1S/C12H18N6O3/c13-9-4-3-7(18(20)21)6-8(9)11(19)10(14)2-1-5-17-12(15)16/h3-4,6,10H,1-2,5,13-14H2,(H4,15,16,17). The fourth-order valence-electron chi connectivity index (χ4n) is 1.72. The van der Waals surface area contributed by atoms with E-state index >= 15 is 0 Å². The molecule has 0 amide bonds. The lowest BCUT2D eigenvalue weighted by Crippen LogP contribution is -2.31. The second kappa shape index (κ2) is 7.20. The van der Waals surface area contributed by atoms with Gasteiger partial charge in [-0.1, -0.05) is 0 Å². The minimum Gasteiger partial charge on any atom is -0.398 e. The molecule has 0 fully saturated rings. The van der Waals surface area contributed by atoms with Crippen molar-refractivity contribution < 1.29 is 9.72 Å². The summed E-state index contributed by atoms with van der Waals surface area (Å²) in [6.07, 6.45) is 0.859. The third-order valence-electron chi connectivity index (χ3n) is 2.82. The molecule has 0 bridgehead atoms. The predicted molar refractivity (Wildman–Crippen MR) is 79.7 cm³/mol. The lowest BCUT2D eigenvalue weighted by atomic mass is 9.99. The van der Waals surface area contributed by atoms with Crippen molar-refractivity contribution in [2.75, 3.05) is 12.3 Å². The average Bonchev–Trinajstić information content (AvgIpc) is 2.42. The molecule has 1 aromatic rings. The van der Waals surface area contributed by atoms with Crippen LogP contribution in [0.4, 0.5) is 11.4 Å². The largest absolute Gasteiger partial charge is 0.398 e. The lowest BCUT2D eigenvalue weighted by molar-refractivity contribution is -0.384. The van der Waals surface area contributed by atoms with Crippen LogP contribution in [0.1, 0.15) is 23.2 Å². The molecule has 1 unspecified atom stereocenters. The van der Waals surface area contributed by atoms with Crippen molar-refractivity contribution in [3.63, 3.8) is 0 Å². The smallest absolute Gasteiger partial charge is 0.270 e. The van der Waals surface area contributed by atoms with E-state index in [1.165, 1.54) is 12.1 Å². The third kappa shape index (κ3) is 4.73. The number of carbonyl (C=O) groups is 1. The molecule has 1 rings (SSSR count). The quantitative estimate of drug-likeness (QED) is 0.102. The van der Waals surface area contributed by atoms with E-state index in [9.17, 15) is 14.9 Å². The van der Waals surface area contributed by atoms with Crippen molar-refractivity contribution in [1.82, 2.24) is 0 Å². The van der Waals surface area contributed by atoms with Crippen molar-refractivity contribution >= 4 is 23.1 Å². The van der Waals surface area contributed by atoms with E-state index in [4.69, 9.17) is 22.9 Å². The van der Waals surface area contributed by atoms with Gasteiger partial charge in [-0.05, 0) is 18.9 Å². The van der Waals surface area contributed by atoms with Crippen molar-refractivity contribution in [1.29, 1.82) is 0 Å². The Balaban J connectivity index is 2.76. The topological polar surface area (TPSA) is 177 Å². The van der Waals surface area contributed by atoms with Crippen LogP contribution in [0.25, 0.3) is 0 Å². The van der Waals surface area contributed by atoms with Gasteiger partial charge < -0.3 is 22.9 Å². The maximum atomic E-state index is 12.2. The number of hydrogen-bond donors (Lipinski definition) is 4. The highest BCUT2D eigenvalue weighted by atomic mass is 16.6. The first-order valence-corrected chi connectivity index (χ1v) is 6.22. The van der Waals surface area contributed by atoms with Gasteiger partial charge in [0.15, 0.2) is 11.7 Å². The number of nitrogen functional groups attached to an aromatic ring is 1. The summed E-state index contributed by atoms with van der Waals surface area (Å²) < 4.78 is 0. The number of ketones is 1. The number of non-ortho nitro benzene ring substituents is 1. The molecule has 9 nitrogen and oxygen atoms in total. The molecule has 0 heterocycles. The van der Waals surface area contributed by atoms with Gasteiger partial charge in [0.1, 0.15) is 0 Å². The molecule has 0 aromatic heterocycles. The number of anilines is 1. The van der Waals surface area contributed by atoms with Crippen molar-refractivity contribution in [3.05, 3.63) is 33.9 Å². The number of nitrogens with zero attached hydrogens (tertiary/aromatic N) is 2. The van der Waals surface area contributed by atoms with Gasteiger partial charge in [-0.2, -0.15) is 0 Å². The van der Waals surface area contributed by atoms with Gasteiger partial charge in [0.2, 0.25) is 0 Å². The molecule has 0 saturated heterocycles. The Morgan fingerprint density at radius 2 is 2.05 bits per heavy atom. The zero-order valence-electron chi connectivity index (χ0n) is 11.4. The lowest BCUT2D eigenvalue weighted by Gasteiger charge is -2.11. The summed E-state index contributed by atoms with van der Waals surface area (Å²) >= 11 is 0. The van der Waals surface area contributed by atoms with Gasteiger partial charge in [0.05, 0.1) is 11.0 Å². The molecular weight excluding hydrogens is 276 g/mol. The van der Waals surface area contributed by atoms with Crippen LogP contribution in [-0.4, -0.2) is 29.3 Å².